The summed E-state index contributed by atoms with van der Waals surface area (Å²) in [5, 5.41) is 17.9. The number of fused-ring (bicyclic) bond motifs is 1. The molecule has 2 aliphatic carbocycles. The van der Waals surface area contributed by atoms with Gasteiger partial charge >= 0.3 is 0 Å². The molecule has 4 rings (SSSR count). The van der Waals surface area contributed by atoms with Gasteiger partial charge in [0.1, 0.15) is 5.69 Å². The number of hydrogen-bond acceptors (Lipinski definition) is 6. The normalized spacial score (nSPS) is 29.5. The number of nitrogens with zero attached hydrogens (tertiary/aromatic N) is 1. The van der Waals surface area contributed by atoms with E-state index in [-0.39, 0.29) is 46.9 Å². The van der Waals surface area contributed by atoms with Gasteiger partial charge in [-0.05, 0) is 78.7 Å². The van der Waals surface area contributed by atoms with E-state index in [1.165, 1.54) is 0 Å². The maximum absolute atomic E-state index is 13.2. The fourth-order valence-electron chi connectivity index (χ4n) is 6.77. The van der Waals surface area contributed by atoms with Crippen molar-refractivity contribution < 1.29 is 24.2 Å². The van der Waals surface area contributed by atoms with E-state index >= 15 is 0 Å². The fourth-order valence-corrected chi connectivity index (χ4v) is 6.77. The molecule has 0 spiro atoms. The molecule has 8 nitrogen and oxygen atoms in total. The number of methoxy groups -OCH3 is 2. The van der Waals surface area contributed by atoms with Gasteiger partial charge in [0.2, 0.25) is 5.91 Å². The minimum absolute atomic E-state index is 0.00914. The highest BCUT2D eigenvalue weighted by molar-refractivity contribution is 5.92. The molecule has 206 valence electrons. The van der Waals surface area contributed by atoms with Gasteiger partial charge in [0.05, 0.1) is 20.3 Å². The van der Waals surface area contributed by atoms with E-state index in [0.29, 0.717) is 23.7 Å². The van der Waals surface area contributed by atoms with Gasteiger partial charge in [-0.15, -0.1) is 0 Å². The summed E-state index contributed by atoms with van der Waals surface area (Å²) in [4.78, 5) is 30.2. The Morgan fingerprint density at radius 3 is 2.55 bits per heavy atom. The van der Waals surface area contributed by atoms with Gasteiger partial charge in [0, 0.05) is 24.7 Å². The molecule has 2 saturated carbocycles. The van der Waals surface area contributed by atoms with Crippen molar-refractivity contribution in [2.75, 3.05) is 14.2 Å². The van der Waals surface area contributed by atoms with Crippen molar-refractivity contribution in [3.63, 3.8) is 0 Å². The Bertz CT molecular complexity index is 1130. The van der Waals surface area contributed by atoms with Crippen molar-refractivity contribution in [3.05, 3.63) is 53.9 Å². The fraction of sp³-hybridized carbons (Fsp3) is 0.567. The van der Waals surface area contributed by atoms with Crippen LogP contribution in [-0.4, -0.2) is 48.3 Å². The first-order valence-corrected chi connectivity index (χ1v) is 13.6. The molecule has 1 heterocycles. The molecule has 7 atom stereocenters. The number of amides is 2. The maximum Gasteiger partial charge on any atom is 0.270 e. The molecule has 0 radical (unpaired) electrons. The van der Waals surface area contributed by atoms with Gasteiger partial charge in [-0.2, -0.15) is 0 Å². The van der Waals surface area contributed by atoms with Crippen molar-refractivity contribution in [1.82, 2.24) is 15.6 Å². The van der Waals surface area contributed by atoms with Gasteiger partial charge in [-0.1, -0.05) is 32.9 Å². The summed E-state index contributed by atoms with van der Waals surface area (Å²) in [6.45, 7) is 6.66. The van der Waals surface area contributed by atoms with Crippen LogP contribution in [0.15, 0.2) is 42.6 Å². The number of rotatable bonds is 8. The predicted molar refractivity (Wildman–Crippen MR) is 145 cm³/mol. The lowest BCUT2D eigenvalue weighted by molar-refractivity contribution is -0.142. The van der Waals surface area contributed by atoms with Gasteiger partial charge in [-0.25, -0.2) is 0 Å². The number of carbonyl (C=O) groups is 2. The quantitative estimate of drug-likeness (QED) is 0.483. The molecule has 2 aromatic rings. The highest BCUT2D eigenvalue weighted by atomic mass is 16.5. The SMILES string of the molecule is COc1ccc(CNC(=O)[C@@H](C)C2CC[C@@]3(C)CC[C@H](NC(=O)c4ccccn4)[C@@H](C)[C@@H]3[C@H]2O)cc1OC. The first kappa shape index (κ1) is 27.9. The molecule has 1 aromatic heterocycles. The first-order chi connectivity index (χ1) is 18.2. The van der Waals surface area contributed by atoms with E-state index in [9.17, 15) is 14.7 Å². The molecule has 0 saturated heterocycles. The average molecular weight is 524 g/mol. The van der Waals surface area contributed by atoms with E-state index < -0.39 is 6.10 Å². The smallest absolute Gasteiger partial charge is 0.270 e. The zero-order valence-electron chi connectivity index (χ0n) is 23.1. The van der Waals surface area contributed by atoms with Crippen LogP contribution in [0.5, 0.6) is 11.5 Å². The summed E-state index contributed by atoms with van der Waals surface area (Å²) in [6.07, 6.45) is 4.54. The second-order valence-electron chi connectivity index (χ2n) is 11.3. The Kier molecular flexibility index (Phi) is 8.61. The molecule has 2 fully saturated rings. The molecule has 3 N–H and O–H groups in total. The van der Waals surface area contributed by atoms with Crippen LogP contribution < -0.4 is 20.1 Å². The lowest BCUT2D eigenvalue weighted by atomic mass is 9.51. The van der Waals surface area contributed by atoms with Gasteiger partial charge in [-0.3, -0.25) is 14.6 Å². The molecule has 0 aliphatic heterocycles. The Morgan fingerprint density at radius 1 is 1.13 bits per heavy atom. The number of benzene rings is 1. The maximum atomic E-state index is 13.2. The molecule has 2 aliphatic rings. The standard InChI is InChI=1S/C30H41N3O5/c1-18(28(35)32-17-20-9-10-24(37-4)25(16-20)38-5)21-11-13-30(3)14-12-22(19(2)26(30)27(21)34)33-29(36)23-8-6-7-15-31-23/h6-10,15-16,18-19,21-22,26-27,34H,11-14,17H2,1-5H3,(H,32,35)(H,33,36)/t18-,19+,21?,22-,26+,27-,30-/m0/s1. The van der Waals surface area contributed by atoms with Crippen LogP contribution in [0.25, 0.3) is 0 Å². The number of aliphatic hydroxyl groups is 1. The largest absolute Gasteiger partial charge is 0.493 e. The number of aliphatic hydroxyl groups excluding tert-OH is 1. The highest BCUT2D eigenvalue weighted by Gasteiger charge is 2.53. The summed E-state index contributed by atoms with van der Waals surface area (Å²) in [6, 6.07) is 10.8. The van der Waals surface area contributed by atoms with Crippen LogP contribution in [-0.2, 0) is 11.3 Å². The monoisotopic (exact) mass is 523 g/mol. The predicted octanol–water partition coefficient (Wildman–Crippen LogP) is 3.97. The van der Waals surface area contributed by atoms with Crippen LogP contribution in [0.2, 0.25) is 0 Å². The summed E-state index contributed by atoms with van der Waals surface area (Å²) in [5.74, 6) is 0.570. The zero-order chi connectivity index (χ0) is 27.4. The van der Waals surface area contributed by atoms with E-state index in [1.54, 1.807) is 38.6 Å². The number of nitrogens with one attached hydrogen (secondary N) is 2. The summed E-state index contributed by atoms with van der Waals surface area (Å²) in [5.41, 5.74) is 1.29. The van der Waals surface area contributed by atoms with Crippen molar-refractivity contribution in [3.8, 4) is 11.5 Å². The third-order valence-corrected chi connectivity index (χ3v) is 9.07. The summed E-state index contributed by atoms with van der Waals surface area (Å²) in [7, 11) is 3.17. The van der Waals surface area contributed by atoms with Crippen molar-refractivity contribution in [1.29, 1.82) is 0 Å². The average Bonchev–Trinajstić information content (AvgIpc) is 2.93. The number of pyridine rings is 1. The van der Waals surface area contributed by atoms with Crippen molar-refractivity contribution in [2.45, 2.75) is 65.1 Å². The molecule has 38 heavy (non-hydrogen) atoms. The second kappa shape index (κ2) is 11.7. The minimum Gasteiger partial charge on any atom is -0.493 e. The van der Waals surface area contributed by atoms with E-state index in [2.05, 4.69) is 29.5 Å². The molecule has 8 heteroatoms. The lowest BCUT2D eigenvalue weighted by Crippen LogP contribution is -2.58. The lowest BCUT2D eigenvalue weighted by Gasteiger charge is -2.56. The summed E-state index contributed by atoms with van der Waals surface area (Å²) < 4.78 is 10.7. The van der Waals surface area contributed by atoms with E-state index in [1.807, 2.05) is 25.1 Å². The number of carbonyl (C=O) groups excluding carboxylic acids is 2. The number of aromatic nitrogens is 1. The van der Waals surface area contributed by atoms with Gasteiger partial charge in [0.25, 0.3) is 5.91 Å². The Hall–Kier alpha value is -3.13. The Morgan fingerprint density at radius 2 is 1.87 bits per heavy atom. The van der Waals surface area contributed by atoms with Crippen LogP contribution in [0, 0.1) is 29.1 Å². The highest BCUT2D eigenvalue weighted by Crippen LogP contribution is 2.55. The molecule has 1 aromatic carbocycles. The van der Waals surface area contributed by atoms with Crippen LogP contribution >= 0.6 is 0 Å². The third kappa shape index (κ3) is 5.65. The molecule has 0 bridgehead atoms. The van der Waals surface area contributed by atoms with E-state index in [4.69, 9.17) is 9.47 Å². The molecule has 1 unspecified atom stereocenters. The molecule has 2 amide bonds. The topological polar surface area (TPSA) is 110 Å². The molecular formula is C30H41N3O5. The van der Waals surface area contributed by atoms with Crippen molar-refractivity contribution >= 4 is 11.8 Å². The zero-order valence-corrected chi connectivity index (χ0v) is 23.1. The number of ether oxygens (including phenoxy) is 2. The second-order valence-corrected chi connectivity index (χ2v) is 11.3. The Balaban J connectivity index is 1.41. The van der Waals surface area contributed by atoms with Crippen LogP contribution in [0.3, 0.4) is 0 Å². The third-order valence-electron chi connectivity index (χ3n) is 9.07. The van der Waals surface area contributed by atoms with E-state index in [0.717, 1.165) is 31.2 Å². The van der Waals surface area contributed by atoms with Gasteiger partial charge in [0.15, 0.2) is 11.5 Å². The van der Waals surface area contributed by atoms with Crippen molar-refractivity contribution in [2.24, 2.45) is 29.1 Å². The number of hydrogen-bond donors (Lipinski definition) is 3. The summed E-state index contributed by atoms with van der Waals surface area (Å²) >= 11 is 0. The molecular weight excluding hydrogens is 482 g/mol. The van der Waals surface area contributed by atoms with Crippen LogP contribution in [0.4, 0.5) is 0 Å². The van der Waals surface area contributed by atoms with Gasteiger partial charge < -0.3 is 25.2 Å². The Labute approximate surface area is 225 Å². The van der Waals surface area contributed by atoms with Crippen LogP contribution in [0.1, 0.15) is 62.5 Å². The first-order valence-electron chi connectivity index (χ1n) is 13.6. The minimum atomic E-state index is -0.625.